The lowest BCUT2D eigenvalue weighted by molar-refractivity contribution is 0.0939. The van der Waals surface area contributed by atoms with Crippen molar-refractivity contribution in [1.82, 2.24) is 5.32 Å². The van der Waals surface area contributed by atoms with Gasteiger partial charge in [-0.15, -0.1) is 0 Å². The minimum atomic E-state index is -3.89. The summed E-state index contributed by atoms with van der Waals surface area (Å²) in [4.78, 5) is 13.0. The lowest BCUT2D eigenvalue weighted by Crippen LogP contribution is -2.27. The zero-order valence-electron chi connectivity index (χ0n) is 19.6. The number of hydrogen-bond acceptors (Lipinski definition) is 5. The van der Waals surface area contributed by atoms with Crippen LogP contribution in [0.3, 0.4) is 0 Å². The first-order valence-corrected chi connectivity index (χ1v) is 12.5. The molecule has 0 radical (unpaired) electrons. The van der Waals surface area contributed by atoms with Crippen LogP contribution < -0.4 is 19.5 Å². The van der Waals surface area contributed by atoms with E-state index in [0.717, 1.165) is 16.7 Å². The first kappa shape index (κ1) is 23.6. The predicted molar refractivity (Wildman–Crippen MR) is 131 cm³/mol. The Bertz CT molecular complexity index is 1350. The molecule has 0 bridgehead atoms. The lowest BCUT2D eigenvalue weighted by atomic mass is 10.1. The quantitative estimate of drug-likeness (QED) is 0.535. The fourth-order valence-corrected chi connectivity index (χ4v) is 5.25. The van der Waals surface area contributed by atoms with Gasteiger partial charge >= 0.3 is 0 Å². The third-order valence-corrected chi connectivity index (χ3v) is 7.29. The molecule has 1 aliphatic heterocycles. The van der Waals surface area contributed by atoms with Crippen molar-refractivity contribution in [2.45, 2.75) is 38.6 Å². The van der Waals surface area contributed by atoms with Crippen LogP contribution in [-0.2, 0) is 10.0 Å². The van der Waals surface area contributed by atoms with E-state index >= 15 is 0 Å². The molecule has 4 rings (SSSR count). The summed E-state index contributed by atoms with van der Waals surface area (Å²) in [7, 11) is -3.89. The molecule has 1 amide bonds. The molecule has 3 aromatic carbocycles. The third kappa shape index (κ3) is 5.02. The summed E-state index contributed by atoms with van der Waals surface area (Å²) in [5, 5.41) is 2.93. The average molecular weight is 481 g/mol. The maximum Gasteiger partial charge on any atom is 0.262 e. The molecule has 178 valence electrons. The molecule has 1 heterocycles. The van der Waals surface area contributed by atoms with E-state index in [0.29, 0.717) is 36.0 Å². The fourth-order valence-electron chi connectivity index (χ4n) is 3.85. The second kappa shape index (κ2) is 9.38. The van der Waals surface area contributed by atoms with Crippen LogP contribution in [0.4, 0.5) is 5.69 Å². The van der Waals surface area contributed by atoms with Gasteiger partial charge in [0, 0.05) is 5.56 Å². The van der Waals surface area contributed by atoms with Gasteiger partial charge < -0.3 is 14.8 Å². The smallest absolute Gasteiger partial charge is 0.262 e. The topological polar surface area (TPSA) is 93.7 Å². The Morgan fingerprint density at radius 2 is 1.62 bits per heavy atom. The van der Waals surface area contributed by atoms with Crippen LogP contribution in [0, 0.1) is 20.8 Å². The van der Waals surface area contributed by atoms with E-state index in [1.54, 1.807) is 25.1 Å². The fraction of sp³-hybridized carbons (Fsp3) is 0.269. The van der Waals surface area contributed by atoms with E-state index in [1.807, 2.05) is 51.1 Å². The number of benzene rings is 3. The molecule has 34 heavy (non-hydrogen) atoms. The summed E-state index contributed by atoms with van der Waals surface area (Å²) in [6.07, 6.45) is 0. The van der Waals surface area contributed by atoms with Crippen LogP contribution in [0.5, 0.6) is 11.5 Å². The minimum absolute atomic E-state index is 0.0621. The van der Waals surface area contributed by atoms with E-state index < -0.39 is 10.0 Å². The van der Waals surface area contributed by atoms with Crippen LogP contribution in [0.2, 0.25) is 0 Å². The van der Waals surface area contributed by atoms with Crippen molar-refractivity contribution in [1.29, 1.82) is 0 Å². The average Bonchev–Trinajstić information content (AvgIpc) is 2.80. The van der Waals surface area contributed by atoms with E-state index in [4.69, 9.17) is 9.47 Å². The molecule has 0 saturated heterocycles. The van der Waals surface area contributed by atoms with E-state index in [9.17, 15) is 13.2 Å². The first-order chi connectivity index (χ1) is 16.1. The second-order valence-corrected chi connectivity index (χ2v) is 10.2. The largest absolute Gasteiger partial charge is 0.486 e. The molecule has 3 aromatic rings. The zero-order chi connectivity index (χ0) is 24.5. The Labute approximate surface area is 200 Å². The second-order valence-electron chi connectivity index (χ2n) is 8.50. The van der Waals surface area contributed by atoms with Crippen molar-refractivity contribution >= 4 is 21.6 Å². The van der Waals surface area contributed by atoms with E-state index in [-0.39, 0.29) is 22.4 Å². The summed E-state index contributed by atoms with van der Waals surface area (Å²) in [5.74, 6) is 0.953. The number of sulfonamides is 1. The normalized spacial score (nSPS) is 13.8. The monoisotopic (exact) mass is 480 g/mol. The van der Waals surface area contributed by atoms with Gasteiger partial charge in [0.05, 0.1) is 16.6 Å². The maximum absolute atomic E-state index is 13.1. The molecule has 2 N–H and O–H groups in total. The number of fused-ring (bicyclic) bond motifs is 1. The van der Waals surface area contributed by atoms with Crippen LogP contribution in [0.15, 0.2) is 59.5 Å². The Morgan fingerprint density at radius 1 is 0.882 bits per heavy atom. The summed E-state index contributed by atoms with van der Waals surface area (Å²) in [5.41, 5.74) is 4.04. The number of carbonyl (C=O) groups excluding carboxylic acids is 1. The Hall–Kier alpha value is -3.52. The Balaban J connectivity index is 1.54. The molecule has 0 fully saturated rings. The number of carbonyl (C=O) groups is 1. The van der Waals surface area contributed by atoms with Gasteiger partial charge in [-0.05, 0) is 74.7 Å². The van der Waals surface area contributed by atoms with Crippen LogP contribution in [0.1, 0.15) is 45.6 Å². The predicted octanol–water partition coefficient (Wildman–Crippen LogP) is 4.67. The molecule has 1 atom stereocenters. The standard InChI is InChI=1S/C26H28N2O5S/c1-16-5-9-22(18(3)13-16)28-34(30,31)25-15-21(7-6-17(25)2)26(29)27-19(4)20-8-10-23-24(14-20)33-12-11-32-23/h5-10,13-15,19,28H,11-12H2,1-4H3,(H,27,29)/t19-/m1/s1. The van der Waals surface area contributed by atoms with Gasteiger partial charge in [-0.2, -0.15) is 0 Å². The van der Waals surface area contributed by atoms with Crippen molar-refractivity contribution in [3.8, 4) is 11.5 Å². The van der Waals surface area contributed by atoms with Crippen molar-refractivity contribution in [3.63, 3.8) is 0 Å². The molecule has 7 nitrogen and oxygen atoms in total. The summed E-state index contributed by atoms with van der Waals surface area (Å²) >= 11 is 0. The SMILES string of the molecule is Cc1ccc(NS(=O)(=O)c2cc(C(=O)N[C@H](C)c3ccc4c(c3)OCCO4)ccc2C)c(C)c1. The number of aryl methyl sites for hydroxylation is 3. The zero-order valence-corrected chi connectivity index (χ0v) is 20.5. The molecular formula is C26H28N2O5S. The van der Waals surface area contributed by atoms with Crippen LogP contribution in [-0.4, -0.2) is 27.5 Å². The highest BCUT2D eigenvalue weighted by molar-refractivity contribution is 7.92. The van der Waals surface area contributed by atoms with E-state index in [1.165, 1.54) is 6.07 Å². The Morgan fingerprint density at radius 3 is 2.35 bits per heavy atom. The number of hydrogen-bond donors (Lipinski definition) is 2. The van der Waals surface area contributed by atoms with Crippen molar-refractivity contribution < 1.29 is 22.7 Å². The minimum Gasteiger partial charge on any atom is -0.486 e. The number of amides is 1. The number of anilines is 1. The maximum atomic E-state index is 13.1. The Kier molecular flexibility index (Phi) is 6.52. The van der Waals surface area contributed by atoms with Gasteiger partial charge in [0.2, 0.25) is 0 Å². The number of nitrogens with one attached hydrogen (secondary N) is 2. The van der Waals surface area contributed by atoms with Gasteiger partial charge in [0.1, 0.15) is 13.2 Å². The molecule has 0 unspecified atom stereocenters. The first-order valence-electron chi connectivity index (χ1n) is 11.1. The molecule has 8 heteroatoms. The van der Waals surface area contributed by atoms with Crippen LogP contribution >= 0.6 is 0 Å². The van der Waals surface area contributed by atoms with Crippen molar-refractivity contribution in [2.75, 3.05) is 17.9 Å². The molecule has 0 aliphatic carbocycles. The summed E-state index contributed by atoms with van der Waals surface area (Å²) < 4.78 is 40.1. The molecule has 1 aliphatic rings. The lowest BCUT2D eigenvalue weighted by Gasteiger charge is -2.21. The molecular weight excluding hydrogens is 452 g/mol. The van der Waals surface area contributed by atoms with Gasteiger partial charge in [-0.25, -0.2) is 8.42 Å². The molecule has 0 aromatic heterocycles. The van der Waals surface area contributed by atoms with Gasteiger partial charge in [-0.1, -0.05) is 29.8 Å². The van der Waals surface area contributed by atoms with Gasteiger partial charge in [-0.3, -0.25) is 9.52 Å². The number of ether oxygens (including phenoxy) is 2. The highest BCUT2D eigenvalue weighted by atomic mass is 32.2. The summed E-state index contributed by atoms with van der Waals surface area (Å²) in [6, 6.07) is 15.4. The third-order valence-electron chi connectivity index (χ3n) is 5.78. The highest BCUT2D eigenvalue weighted by Crippen LogP contribution is 2.32. The molecule has 0 saturated carbocycles. The molecule has 0 spiro atoms. The number of rotatable bonds is 6. The van der Waals surface area contributed by atoms with Crippen LogP contribution in [0.25, 0.3) is 0 Å². The van der Waals surface area contributed by atoms with Gasteiger partial charge in [0.15, 0.2) is 11.5 Å². The van der Waals surface area contributed by atoms with Gasteiger partial charge in [0.25, 0.3) is 15.9 Å². The van der Waals surface area contributed by atoms with E-state index in [2.05, 4.69) is 10.0 Å². The van der Waals surface area contributed by atoms with Crippen molar-refractivity contribution in [3.05, 3.63) is 82.4 Å². The highest BCUT2D eigenvalue weighted by Gasteiger charge is 2.21. The van der Waals surface area contributed by atoms with Crippen molar-refractivity contribution in [2.24, 2.45) is 0 Å². The summed E-state index contributed by atoms with van der Waals surface area (Å²) in [6.45, 7) is 8.35.